The molecule has 0 spiro atoms. The molecular weight excluding hydrogens is 280 g/mol. The summed E-state index contributed by atoms with van der Waals surface area (Å²) in [6, 6.07) is 18.9. The van der Waals surface area contributed by atoms with Crippen molar-refractivity contribution in [3.63, 3.8) is 0 Å². The van der Waals surface area contributed by atoms with E-state index in [-0.39, 0.29) is 0 Å². The predicted molar refractivity (Wildman–Crippen MR) is 88.9 cm³/mol. The zero-order valence-electron chi connectivity index (χ0n) is 12.2. The number of hydrogen-bond acceptors (Lipinski definition) is 2. The van der Waals surface area contributed by atoms with Gasteiger partial charge < -0.3 is 4.90 Å². The van der Waals surface area contributed by atoms with E-state index < -0.39 is 0 Å². The SMILES string of the molecule is CC1CCN(Cc2ccccc2)C(c2ccc(Cl)cc2)=N1. The number of amidine groups is 1. The molecule has 3 heteroatoms. The molecule has 0 saturated heterocycles. The van der Waals surface area contributed by atoms with Crippen molar-refractivity contribution in [2.75, 3.05) is 6.54 Å². The van der Waals surface area contributed by atoms with Gasteiger partial charge in [0.2, 0.25) is 0 Å². The molecule has 0 radical (unpaired) electrons. The Morgan fingerprint density at radius 3 is 2.52 bits per heavy atom. The van der Waals surface area contributed by atoms with Gasteiger partial charge in [-0.25, -0.2) is 0 Å². The summed E-state index contributed by atoms with van der Waals surface area (Å²) in [6.45, 7) is 4.11. The third-order valence-electron chi connectivity index (χ3n) is 3.78. The van der Waals surface area contributed by atoms with Crippen molar-refractivity contribution >= 4 is 17.4 Å². The Labute approximate surface area is 131 Å². The molecule has 0 N–H and O–H groups in total. The van der Waals surface area contributed by atoms with Crippen molar-refractivity contribution in [3.8, 4) is 0 Å². The van der Waals surface area contributed by atoms with Gasteiger partial charge in [-0.2, -0.15) is 0 Å². The molecule has 2 aromatic rings. The second kappa shape index (κ2) is 6.31. The molecule has 0 amide bonds. The van der Waals surface area contributed by atoms with Gasteiger partial charge in [0.05, 0.1) is 6.04 Å². The minimum Gasteiger partial charge on any atom is -0.352 e. The van der Waals surface area contributed by atoms with Crippen molar-refractivity contribution < 1.29 is 0 Å². The normalized spacial score (nSPS) is 18.5. The molecule has 0 saturated carbocycles. The monoisotopic (exact) mass is 298 g/mol. The molecule has 2 nitrogen and oxygen atoms in total. The Morgan fingerprint density at radius 2 is 1.81 bits per heavy atom. The maximum atomic E-state index is 5.99. The fourth-order valence-electron chi connectivity index (χ4n) is 2.62. The minimum atomic E-state index is 0.378. The number of rotatable bonds is 3. The number of aliphatic imine (C=N–C) groups is 1. The van der Waals surface area contributed by atoms with Gasteiger partial charge in [0, 0.05) is 23.7 Å². The molecule has 0 aromatic heterocycles. The zero-order chi connectivity index (χ0) is 14.7. The highest BCUT2D eigenvalue weighted by molar-refractivity contribution is 6.30. The van der Waals surface area contributed by atoms with E-state index in [1.54, 1.807) is 0 Å². The average molecular weight is 299 g/mol. The van der Waals surface area contributed by atoms with Gasteiger partial charge in [-0.15, -0.1) is 0 Å². The van der Waals surface area contributed by atoms with Gasteiger partial charge >= 0.3 is 0 Å². The van der Waals surface area contributed by atoms with E-state index in [4.69, 9.17) is 16.6 Å². The minimum absolute atomic E-state index is 0.378. The maximum Gasteiger partial charge on any atom is 0.131 e. The van der Waals surface area contributed by atoms with Gasteiger partial charge in [-0.05, 0) is 43.2 Å². The molecule has 108 valence electrons. The van der Waals surface area contributed by atoms with Crippen molar-refractivity contribution in [3.05, 3.63) is 70.7 Å². The molecule has 0 bridgehead atoms. The van der Waals surface area contributed by atoms with Crippen LogP contribution in [0.15, 0.2) is 59.6 Å². The number of benzene rings is 2. The van der Waals surface area contributed by atoms with Gasteiger partial charge in [0.25, 0.3) is 0 Å². The first-order valence-corrected chi connectivity index (χ1v) is 7.73. The molecule has 0 fully saturated rings. The van der Waals surface area contributed by atoms with Crippen LogP contribution in [-0.2, 0) is 6.54 Å². The Balaban J connectivity index is 1.88. The van der Waals surface area contributed by atoms with Crippen LogP contribution in [-0.4, -0.2) is 23.3 Å². The first-order chi connectivity index (χ1) is 10.2. The number of nitrogens with zero attached hydrogens (tertiary/aromatic N) is 2. The van der Waals surface area contributed by atoms with Crippen LogP contribution in [0.4, 0.5) is 0 Å². The lowest BCUT2D eigenvalue weighted by molar-refractivity contribution is 0.365. The van der Waals surface area contributed by atoms with Crippen molar-refractivity contribution in [1.82, 2.24) is 4.90 Å². The lowest BCUT2D eigenvalue weighted by Gasteiger charge is -2.32. The first-order valence-electron chi connectivity index (χ1n) is 7.35. The van der Waals surface area contributed by atoms with Crippen LogP contribution >= 0.6 is 11.6 Å². The molecule has 1 aliphatic heterocycles. The summed E-state index contributed by atoms with van der Waals surface area (Å²) in [4.78, 5) is 7.22. The average Bonchev–Trinajstić information content (AvgIpc) is 2.51. The lowest BCUT2D eigenvalue weighted by Crippen LogP contribution is -2.37. The molecule has 21 heavy (non-hydrogen) atoms. The highest BCUT2D eigenvalue weighted by Crippen LogP contribution is 2.19. The summed E-state index contributed by atoms with van der Waals surface area (Å²) in [6.07, 6.45) is 1.10. The fourth-order valence-corrected chi connectivity index (χ4v) is 2.74. The van der Waals surface area contributed by atoms with Gasteiger partial charge in [-0.1, -0.05) is 41.9 Å². The van der Waals surface area contributed by atoms with E-state index in [2.05, 4.69) is 54.3 Å². The van der Waals surface area contributed by atoms with E-state index in [0.717, 1.165) is 35.9 Å². The fraction of sp³-hybridized carbons (Fsp3) is 0.278. The van der Waals surface area contributed by atoms with Crippen LogP contribution in [0.2, 0.25) is 5.02 Å². The largest absolute Gasteiger partial charge is 0.352 e. The Morgan fingerprint density at radius 1 is 1.10 bits per heavy atom. The molecule has 3 rings (SSSR count). The summed E-state index contributed by atoms with van der Waals surface area (Å²) in [5.41, 5.74) is 2.45. The van der Waals surface area contributed by atoms with Crippen LogP contribution in [0.3, 0.4) is 0 Å². The van der Waals surface area contributed by atoms with Crippen LogP contribution in [0.1, 0.15) is 24.5 Å². The smallest absolute Gasteiger partial charge is 0.131 e. The van der Waals surface area contributed by atoms with Crippen molar-refractivity contribution in [1.29, 1.82) is 0 Å². The Hall–Kier alpha value is -1.80. The summed E-state index contributed by atoms with van der Waals surface area (Å²) >= 11 is 5.99. The first kappa shape index (κ1) is 14.2. The molecule has 1 atom stereocenters. The van der Waals surface area contributed by atoms with Crippen LogP contribution in [0.25, 0.3) is 0 Å². The highest BCUT2D eigenvalue weighted by atomic mass is 35.5. The van der Waals surface area contributed by atoms with E-state index in [0.29, 0.717) is 6.04 Å². The van der Waals surface area contributed by atoms with Gasteiger partial charge in [-0.3, -0.25) is 4.99 Å². The van der Waals surface area contributed by atoms with Crippen LogP contribution in [0, 0.1) is 0 Å². The summed E-state index contributed by atoms with van der Waals surface area (Å²) in [5.74, 6) is 1.08. The van der Waals surface area contributed by atoms with E-state index >= 15 is 0 Å². The second-order valence-electron chi connectivity index (χ2n) is 5.50. The number of hydrogen-bond donors (Lipinski definition) is 0. The predicted octanol–water partition coefficient (Wildman–Crippen LogP) is 4.38. The Bertz CT molecular complexity index is 619. The Kier molecular flexibility index (Phi) is 4.26. The second-order valence-corrected chi connectivity index (χ2v) is 5.94. The molecule has 2 aromatic carbocycles. The number of halogens is 1. The van der Waals surface area contributed by atoms with Gasteiger partial charge in [0.15, 0.2) is 0 Å². The zero-order valence-corrected chi connectivity index (χ0v) is 12.9. The van der Waals surface area contributed by atoms with E-state index in [1.165, 1.54) is 5.56 Å². The quantitative estimate of drug-likeness (QED) is 0.821. The molecule has 1 heterocycles. The molecule has 1 aliphatic rings. The highest BCUT2D eigenvalue weighted by Gasteiger charge is 2.20. The van der Waals surface area contributed by atoms with Crippen molar-refractivity contribution in [2.24, 2.45) is 4.99 Å². The standard InChI is InChI=1S/C18H19ClN2/c1-14-11-12-21(13-15-5-3-2-4-6-15)18(20-14)16-7-9-17(19)10-8-16/h2-10,14H,11-13H2,1H3. The molecule has 0 aliphatic carbocycles. The van der Waals surface area contributed by atoms with E-state index in [1.807, 2.05) is 12.1 Å². The third-order valence-corrected chi connectivity index (χ3v) is 4.03. The topological polar surface area (TPSA) is 15.6 Å². The summed E-state index contributed by atoms with van der Waals surface area (Å²) < 4.78 is 0. The third kappa shape index (κ3) is 3.45. The van der Waals surface area contributed by atoms with Crippen molar-refractivity contribution in [2.45, 2.75) is 25.9 Å². The lowest BCUT2D eigenvalue weighted by atomic mass is 10.1. The maximum absolute atomic E-state index is 5.99. The van der Waals surface area contributed by atoms with E-state index in [9.17, 15) is 0 Å². The van der Waals surface area contributed by atoms with Crippen LogP contribution < -0.4 is 0 Å². The molecular formula is C18H19ClN2. The molecule has 1 unspecified atom stereocenters. The summed E-state index contributed by atoms with van der Waals surface area (Å²) in [7, 11) is 0. The van der Waals surface area contributed by atoms with Gasteiger partial charge in [0.1, 0.15) is 5.84 Å². The summed E-state index contributed by atoms with van der Waals surface area (Å²) in [5, 5.41) is 0.762. The van der Waals surface area contributed by atoms with Crippen LogP contribution in [0.5, 0.6) is 0 Å².